The Morgan fingerprint density at radius 3 is 2.00 bits per heavy atom. The Hall–Kier alpha value is -3.48. The highest BCUT2D eigenvalue weighted by molar-refractivity contribution is 5.96. The molecule has 1 atom stereocenters. The van der Waals surface area contributed by atoms with E-state index in [-0.39, 0.29) is 0 Å². The van der Waals surface area contributed by atoms with Crippen molar-refractivity contribution in [1.29, 1.82) is 0 Å². The molecule has 2 aromatic rings. The molecule has 1 amide bonds. The zero-order valence-corrected chi connectivity index (χ0v) is 18.7. The number of rotatable bonds is 9. The highest BCUT2D eigenvalue weighted by Crippen LogP contribution is 2.35. The zero-order valence-electron chi connectivity index (χ0n) is 18.7. The van der Waals surface area contributed by atoms with Crippen molar-refractivity contribution in [2.45, 2.75) is 32.8 Å². The van der Waals surface area contributed by atoms with Crippen LogP contribution in [0.3, 0.4) is 0 Å². The number of methoxy groups -OCH3 is 3. The summed E-state index contributed by atoms with van der Waals surface area (Å²) in [5, 5.41) is 2.74. The molecule has 0 aliphatic carbocycles. The highest BCUT2D eigenvalue weighted by Gasteiger charge is 2.17. The molecule has 0 fully saturated rings. The Labute approximate surface area is 183 Å². The Morgan fingerprint density at radius 1 is 0.871 bits per heavy atom. The van der Waals surface area contributed by atoms with E-state index >= 15 is 0 Å². The number of carbonyl (C=O) groups is 2. The maximum atomic E-state index is 12.3. The summed E-state index contributed by atoms with van der Waals surface area (Å²) in [5.41, 5.74) is 2.41. The number of nitrogens with one attached hydrogen (secondary N) is 1. The van der Waals surface area contributed by atoms with Crippen LogP contribution < -0.4 is 19.5 Å². The minimum absolute atomic E-state index is 0.403. The summed E-state index contributed by atoms with van der Waals surface area (Å²) in [5.74, 6) is 0.828. The average molecular weight is 427 g/mol. The number of hydrogen-bond donors (Lipinski definition) is 1. The monoisotopic (exact) mass is 427 g/mol. The second-order valence-corrected chi connectivity index (χ2v) is 7.13. The third-order valence-corrected chi connectivity index (χ3v) is 4.64. The third-order valence-electron chi connectivity index (χ3n) is 4.64. The molecule has 31 heavy (non-hydrogen) atoms. The first-order valence-corrected chi connectivity index (χ1v) is 9.88. The molecule has 0 aromatic heterocycles. The largest absolute Gasteiger partial charge is 0.496 e. The number of ether oxygens (including phenoxy) is 4. The zero-order chi connectivity index (χ0) is 23.0. The van der Waals surface area contributed by atoms with Gasteiger partial charge in [0, 0.05) is 23.4 Å². The summed E-state index contributed by atoms with van der Waals surface area (Å²) in [7, 11) is 4.55. The molecule has 0 heterocycles. The van der Waals surface area contributed by atoms with Crippen molar-refractivity contribution < 1.29 is 28.5 Å². The predicted octanol–water partition coefficient (Wildman–Crippen LogP) is 4.42. The normalized spacial score (nSPS) is 11.8. The molecule has 2 rings (SSSR count). The van der Waals surface area contributed by atoms with Crippen molar-refractivity contribution in [1.82, 2.24) is 0 Å². The summed E-state index contributed by atoms with van der Waals surface area (Å²) in [6, 6.07) is 10.9. The van der Waals surface area contributed by atoms with Crippen LogP contribution in [-0.4, -0.2) is 39.3 Å². The van der Waals surface area contributed by atoms with Crippen molar-refractivity contribution in [2.24, 2.45) is 0 Å². The molecule has 1 N–H and O–H groups in total. The molecular weight excluding hydrogens is 398 g/mol. The molecule has 0 aliphatic rings. The van der Waals surface area contributed by atoms with E-state index in [2.05, 4.69) is 19.2 Å². The fourth-order valence-electron chi connectivity index (χ4n) is 2.80. The van der Waals surface area contributed by atoms with Gasteiger partial charge < -0.3 is 24.3 Å². The topological polar surface area (TPSA) is 83.1 Å². The molecule has 0 spiro atoms. The Balaban J connectivity index is 2.01. The van der Waals surface area contributed by atoms with E-state index in [4.69, 9.17) is 18.9 Å². The molecule has 0 radical (unpaired) electrons. The van der Waals surface area contributed by atoms with Crippen molar-refractivity contribution in [2.75, 3.05) is 26.6 Å². The van der Waals surface area contributed by atoms with Gasteiger partial charge >= 0.3 is 5.97 Å². The summed E-state index contributed by atoms with van der Waals surface area (Å²) in [6.07, 6.45) is 1.79. The van der Waals surface area contributed by atoms with Crippen molar-refractivity contribution >= 4 is 23.6 Å². The maximum Gasteiger partial charge on any atom is 0.331 e. The predicted molar refractivity (Wildman–Crippen MR) is 120 cm³/mol. The van der Waals surface area contributed by atoms with Crippen molar-refractivity contribution in [3.63, 3.8) is 0 Å². The van der Waals surface area contributed by atoms with Gasteiger partial charge in [0.2, 0.25) is 0 Å². The van der Waals surface area contributed by atoms with Gasteiger partial charge in [-0.3, -0.25) is 4.79 Å². The molecule has 2 aromatic carbocycles. The average Bonchev–Trinajstić information content (AvgIpc) is 2.77. The quantitative estimate of drug-likeness (QED) is 0.471. The molecule has 7 nitrogen and oxygen atoms in total. The lowest BCUT2D eigenvalue weighted by Gasteiger charge is -2.14. The smallest absolute Gasteiger partial charge is 0.331 e. The van der Waals surface area contributed by atoms with Crippen LogP contribution in [0.5, 0.6) is 17.2 Å². The van der Waals surface area contributed by atoms with Crippen LogP contribution in [0, 0.1) is 0 Å². The lowest BCUT2D eigenvalue weighted by atomic mass is 10.0. The molecule has 0 saturated heterocycles. The summed E-state index contributed by atoms with van der Waals surface area (Å²) in [6.45, 7) is 5.71. The van der Waals surface area contributed by atoms with Gasteiger partial charge in [0.1, 0.15) is 5.75 Å². The third kappa shape index (κ3) is 6.50. The van der Waals surface area contributed by atoms with E-state index in [1.54, 1.807) is 12.1 Å². The van der Waals surface area contributed by atoms with Gasteiger partial charge in [-0.15, -0.1) is 0 Å². The standard InChI is InChI=1S/C24H29NO6/c1-15(2)17-7-10-19(11-8-17)25-24(27)16(3)31-23(26)12-9-18-13-21(29-5)22(30-6)14-20(18)28-4/h7-16H,1-6H3,(H,25,27)/b12-9+/t16-/m0/s1. The highest BCUT2D eigenvalue weighted by atomic mass is 16.5. The molecule has 0 aliphatic heterocycles. The molecule has 166 valence electrons. The number of anilines is 1. The van der Waals surface area contributed by atoms with E-state index in [0.717, 1.165) is 0 Å². The minimum atomic E-state index is -0.964. The van der Waals surface area contributed by atoms with Gasteiger partial charge in [-0.25, -0.2) is 4.79 Å². The van der Waals surface area contributed by atoms with E-state index in [0.29, 0.717) is 34.4 Å². The Kier molecular flexibility index (Phi) is 8.49. The van der Waals surface area contributed by atoms with E-state index in [9.17, 15) is 9.59 Å². The Bertz CT molecular complexity index is 934. The van der Waals surface area contributed by atoms with Crippen LogP contribution in [0.4, 0.5) is 5.69 Å². The number of benzene rings is 2. The second-order valence-electron chi connectivity index (χ2n) is 7.13. The fourth-order valence-corrected chi connectivity index (χ4v) is 2.80. The van der Waals surface area contributed by atoms with Crippen LogP contribution in [0.2, 0.25) is 0 Å². The number of amides is 1. The molecule has 0 saturated carbocycles. The summed E-state index contributed by atoms with van der Waals surface area (Å²) in [4.78, 5) is 24.5. The second kappa shape index (κ2) is 11.1. The van der Waals surface area contributed by atoms with Crippen LogP contribution in [0.25, 0.3) is 6.08 Å². The van der Waals surface area contributed by atoms with Gasteiger partial charge in [-0.05, 0) is 42.7 Å². The minimum Gasteiger partial charge on any atom is -0.496 e. The van der Waals surface area contributed by atoms with Crippen molar-refractivity contribution in [3.8, 4) is 17.2 Å². The van der Waals surface area contributed by atoms with Gasteiger partial charge in [0.25, 0.3) is 5.91 Å². The van der Waals surface area contributed by atoms with E-state index in [1.165, 1.54) is 46.0 Å². The first-order chi connectivity index (χ1) is 14.8. The summed E-state index contributed by atoms with van der Waals surface area (Å²) < 4.78 is 21.0. The van der Waals surface area contributed by atoms with Crippen LogP contribution in [0.1, 0.15) is 37.8 Å². The molecule has 0 unspecified atom stereocenters. The fraction of sp³-hybridized carbons (Fsp3) is 0.333. The van der Waals surface area contributed by atoms with Gasteiger partial charge in [-0.1, -0.05) is 26.0 Å². The molecular formula is C24H29NO6. The SMILES string of the molecule is COc1cc(OC)c(OC)cc1/C=C/C(=O)O[C@@H](C)C(=O)Nc1ccc(C(C)C)cc1. The van der Waals surface area contributed by atoms with Crippen molar-refractivity contribution in [3.05, 3.63) is 53.6 Å². The molecule has 7 heteroatoms. The first-order valence-electron chi connectivity index (χ1n) is 9.88. The van der Waals surface area contributed by atoms with Gasteiger partial charge in [0.05, 0.1) is 21.3 Å². The Morgan fingerprint density at radius 2 is 1.45 bits per heavy atom. The number of carbonyl (C=O) groups excluding carboxylic acids is 2. The van der Waals surface area contributed by atoms with Crippen LogP contribution >= 0.6 is 0 Å². The van der Waals surface area contributed by atoms with E-state index in [1.807, 2.05) is 24.3 Å². The first kappa shape index (κ1) is 23.8. The summed E-state index contributed by atoms with van der Waals surface area (Å²) >= 11 is 0. The maximum absolute atomic E-state index is 12.3. The van der Waals surface area contributed by atoms with Gasteiger partial charge in [-0.2, -0.15) is 0 Å². The molecule has 0 bridgehead atoms. The van der Waals surface area contributed by atoms with Crippen LogP contribution in [-0.2, 0) is 14.3 Å². The number of esters is 1. The van der Waals surface area contributed by atoms with Gasteiger partial charge in [0.15, 0.2) is 17.6 Å². The van der Waals surface area contributed by atoms with E-state index < -0.39 is 18.0 Å². The number of hydrogen-bond acceptors (Lipinski definition) is 6. The lowest BCUT2D eigenvalue weighted by molar-refractivity contribution is -0.148. The van der Waals surface area contributed by atoms with Crippen LogP contribution in [0.15, 0.2) is 42.5 Å². The lowest BCUT2D eigenvalue weighted by Crippen LogP contribution is -2.29.